The highest BCUT2D eigenvalue weighted by atomic mass is 16.3. The molecule has 56 heavy (non-hydrogen) atoms. The van der Waals surface area contributed by atoms with Crippen LogP contribution in [0.3, 0.4) is 0 Å². The number of amides is 2. The summed E-state index contributed by atoms with van der Waals surface area (Å²) in [6.07, 6.45) is 8.76. The summed E-state index contributed by atoms with van der Waals surface area (Å²) in [6.45, 7) is 31.3. The number of carbonyl (C=O) groups is 2. The van der Waals surface area contributed by atoms with Crippen LogP contribution in [-0.4, -0.2) is 75.4 Å². The maximum absolute atomic E-state index is 14.0. The summed E-state index contributed by atoms with van der Waals surface area (Å²) in [5, 5.41) is 31.9. The predicted molar refractivity (Wildman–Crippen MR) is 232 cm³/mol. The molecule has 5 rings (SSSR count). The van der Waals surface area contributed by atoms with Gasteiger partial charge < -0.3 is 25.7 Å². The molecule has 0 bridgehead atoms. The zero-order valence-electron chi connectivity index (χ0n) is 37.7. The van der Waals surface area contributed by atoms with E-state index in [2.05, 4.69) is 136 Å². The Hall–Kier alpha value is -2.42. The van der Waals surface area contributed by atoms with E-state index in [0.29, 0.717) is 17.8 Å². The Morgan fingerprint density at radius 2 is 1.39 bits per heavy atom. The van der Waals surface area contributed by atoms with Crippen LogP contribution >= 0.6 is 0 Å². The Labute approximate surface area is 341 Å². The fourth-order valence-electron chi connectivity index (χ4n) is 11.4. The molecule has 2 amide bonds. The third-order valence-corrected chi connectivity index (χ3v) is 15.5. The number of fused-ring (bicyclic) bond motifs is 2. The summed E-state index contributed by atoms with van der Waals surface area (Å²) in [7, 11) is 0. The van der Waals surface area contributed by atoms with Crippen molar-refractivity contribution >= 4 is 23.2 Å². The molecule has 4 aliphatic rings. The summed E-state index contributed by atoms with van der Waals surface area (Å²) in [5.41, 5.74) is 4.91. The highest BCUT2D eigenvalue weighted by Crippen LogP contribution is 2.57. The van der Waals surface area contributed by atoms with E-state index in [9.17, 15) is 19.8 Å². The van der Waals surface area contributed by atoms with Gasteiger partial charge in [-0.15, -0.1) is 0 Å². The number of nitrogens with one attached hydrogen (secondary N) is 2. The highest BCUT2D eigenvalue weighted by Gasteiger charge is 2.59. The van der Waals surface area contributed by atoms with Crippen LogP contribution in [0.15, 0.2) is 23.8 Å². The molecule has 1 saturated carbocycles. The number of carbonyl (C=O) groups excluding carboxylic acids is 2. The molecule has 2 aliphatic heterocycles. The lowest BCUT2D eigenvalue weighted by Crippen LogP contribution is -2.62. The Kier molecular flexibility index (Phi) is 13.9. The smallest absolute Gasteiger partial charge is 0.227 e. The molecule has 2 fully saturated rings. The number of unbranched alkanes of at least 4 members (excludes halogenated alkanes) is 2. The lowest BCUT2D eigenvalue weighted by molar-refractivity contribution is -0.142. The lowest BCUT2D eigenvalue weighted by Gasteiger charge is -2.53. The third kappa shape index (κ3) is 7.86. The molecular formula is C48H80N4O4. The minimum Gasteiger partial charge on any atom is -0.392 e. The van der Waals surface area contributed by atoms with E-state index in [0.717, 1.165) is 69.0 Å². The number of hydrogen-bond donors (Lipinski definition) is 4. The summed E-state index contributed by atoms with van der Waals surface area (Å²) < 4.78 is 0. The molecule has 0 radical (unpaired) electrons. The number of nitrogens with zero attached hydrogens (tertiary/aromatic N) is 2. The molecule has 8 heteroatoms. The number of likely N-dealkylation sites (tertiary alicyclic amines) is 1. The van der Waals surface area contributed by atoms with Gasteiger partial charge in [0.05, 0.1) is 12.2 Å². The van der Waals surface area contributed by atoms with E-state index in [1.807, 2.05) is 0 Å². The quantitative estimate of drug-likeness (QED) is 0.125. The van der Waals surface area contributed by atoms with Crippen molar-refractivity contribution in [3.8, 4) is 0 Å². The fraction of sp³-hybridized carbons (Fsp3) is 0.792. The summed E-state index contributed by atoms with van der Waals surface area (Å²) >= 11 is 0. The first kappa shape index (κ1) is 44.7. The molecule has 1 aromatic carbocycles. The third-order valence-electron chi connectivity index (χ3n) is 15.5. The van der Waals surface area contributed by atoms with Crippen molar-refractivity contribution in [2.45, 2.75) is 215 Å². The number of rotatable bonds is 16. The van der Waals surface area contributed by atoms with Crippen molar-refractivity contribution in [1.82, 2.24) is 10.2 Å². The maximum Gasteiger partial charge on any atom is 0.227 e. The largest absolute Gasteiger partial charge is 0.392 e. The first-order valence-electron chi connectivity index (χ1n) is 22.7. The molecule has 4 N–H and O–H groups in total. The Balaban J connectivity index is 1.57. The summed E-state index contributed by atoms with van der Waals surface area (Å²) in [6, 6.07) is 5.44. The summed E-state index contributed by atoms with van der Waals surface area (Å²) in [4.78, 5) is 33.0. The first-order valence-corrected chi connectivity index (χ1v) is 22.7. The minimum absolute atomic E-state index is 0.00933. The van der Waals surface area contributed by atoms with Gasteiger partial charge in [-0.3, -0.25) is 14.5 Å². The van der Waals surface area contributed by atoms with Crippen LogP contribution in [0.4, 0.5) is 11.4 Å². The molecule has 2 aliphatic carbocycles. The number of aliphatic hydroxyl groups is 2. The first-order chi connectivity index (χ1) is 26.3. The van der Waals surface area contributed by atoms with E-state index >= 15 is 0 Å². The van der Waals surface area contributed by atoms with Gasteiger partial charge in [-0.2, -0.15) is 0 Å². The zero-order valence-corrected chi connectivity index (χ0v) is 37.7. The molecule has 9 atom stereocenters. The second-order valence-corrected chi connectivity index (χ2v) is 19.9. The van der Waals surface area contributed by atoms with Gasteiger partial charge in [0.2, 0.25) is 11.8 Å². The molecule has 8 nitrogen and oxygen atoms in total. The molecule has 316 valence electrons. The number of anilines is 2. The molecule has 0 spiro atoms. The standard InChI is InChI=1S/C48H80N4O4/c1-15-19-21-31(17-3)45(55)49-37-25-39-35(47(11,12)29(9)51(39)27(5)6)23-33(37)41-43(53)42(44(41)54)34-24-36-40(52(28(7)8)30(10)48(36,13)14)26-38(34)50-46(56)32(18-4)22-20-16-2/h23-25,27-32,34,38,40-44,53-54H,15-22,26H2,1-14H3,(H,49,55)(H,50,56). The van der Waals surface area contributed by atoms with Crippen LogP contribution in [-0.2, 0) is 15.0 Å². The van der Waals surface area contributed by atoms with Crippen LogP contribution in [0, 0.1) is 29.1 Å². The Morgan fingerprint density at radius 1 is 0.821 bits per heavy atom. The summed E-state index contributed by atoms with van der Waals surface area (Å²) in [5.74, 6) is -1.31. The molecule has 0 aromatic heterocycles. The van der Waals surface area contributed by atoms with E-state index < -0.39 is 24.0 Å². The van der Waals surface area contributed by atoms with Crippen molar-refractivity contribution in [3.05, 3.63) is 34.9 Å². The van der Waals surface area contributed by atoms with Gasteiger partial charge in [0.15, 0.2) is 0 Å². The predicted octanol–water partition coefficient (Wildman–Crippen LogP) is 9.33. The van der Waals surface area contributed by atoms with Crippen LogP contribution in [0.2, 0.25) is 0 Å². The Morgan fingerprint density at radius 3 is 1.91 bits per heavy atom. The van der Waals surface area contributed by atoms with Crippen molar-refractivity contribution in [2.75, 3.05) is 10.2 Å². The second kappa shape index (κ2) is 17.4. The van der Waals surface area contributed by atoms with Gasteiger partial charge >= 0.3 is 0 Å². The maximum atomic E-state index is 14.0. The average molecular weight is 777 g/mol. The van der Waals surface area contributed by atoms with E-state index in [1.165, 1.54) is 11.1 Å². The van der Waals surface area contributed by atoms with Crippen LogP contribution < -0.4 is 15.5 Å². The van der Waals surface area contributed by atoms with E-state index in [1.54, 1.807) is 0 Å². The number of hydrogen-bond acceptors (Lipinski definition) is 6. The van der Waals surface area contributed by atoms with Crippen LogP contribution in [0.5, 0.6) is 0 Å². The minimum atomic E-state index is -0.855. The fourth-order valence-corrected chi connectivity index (χ4v) is 11.4. The monoisotopic (exact) mass is 777 g/mol. The van der Waals surface area contributed by atoms with Crippen LogP contribution in [0.25, 0.3) is 0 Å². The second-order valence-electron chi connectivity index (χ2n) is 19.9. The van der Waals surface area contributed by atoms with Gasteiger partial charge in [-0.1, -0.05) is 93.2 Å². The SMILES string of the molecule is CCCCC(CC)C(=O)Nc1cc2c(cc1C1C(O)C(C3C=C4C(CC3NC(=O)C(CC)CCCC)N(C(C)C)C(C)C4(C)C)C1O)C(C)(C)C(C)N2C(C)C. The lowest BCUT2D eigenvalue weighted by atomic mass is 9.57. The van der Waals surface area contributed by atoms with Crippen molar-refractivity contribution in [1.29, 1.82) is 0 Å². The van der Waals surface area contributed by atoms with E-state index in [-0.39, 0.29) is 64.6 Å². The molecular weight excluding hydrogens is 697 g/mol. The van der Waals surface area contributed by atoms with Gasteiger partial charge in [0.25, 0.3) is 0 Å². The molecule has 9 unspecified atom stereocenters. The van der Waals surface area contributed by atoms with E-state index in [4.69, 9.17) is 0 Å². The topological polar surface area (TPSA) is 105 Å². The normalized spacial score (nSPS) is 31.8. The van der Waals surface area contributed by atoms with Gasteiger partial charge in [0.1, 0.15) is 0 Å². The van der Waals surface area contributed by atoms with Gasteiger partial charge in [-0.25, -0.2) is 0 Å². The average Bonchev–Trinajstić information content (AvgIpc) is 3.45. The zero-order chi connectivity index (χ0) is 41.6. The Bertz CT molecular complexity index is 1570. The number of benzene rings is 1. The van der Waals surface area contributed by atoms with Crippen LogP contribution in [0.1, 0.15) is 172 Å². The van der Waals surface area contributed by atoms with Gasteiger partial charge in [-0.05, 0) is 96.4 Å². The number of aliphatic hydroxyl groups excluding tert-OH is 2. The molecule has 1 saturated heterocycles. The molecule has 2 heterocycles. The van der Waals surface area contributed by atoms with Crippen molar-refractivity contribution in [2.24, 2.45) is 29.1 Å². The van der Waals surface area contributed by atoms with Crippen molar-refractivity contribution in [3.63, 3.8) is 0 Å². The van der Waals surface area contributed by atoms with Gasteiger partial charge in [0, 0.05) is 88.0 Å². The highest BCUT2D eigenvalue weighted by molar-refractivity contribution is 5.94. The molecule has 1 aromatic rings. The van der Waals surface area contributed by atoms with Crippen molar-refractivity contribution < 1.29 is 19.8 Å².